The van der Waals surface area contributed by atoms with E-state index in [-0.39, 0.29) is 24.3 Å². The van der Waals surface area contributed by atoms with Gasteiger partial charge in [0.15, 0.2) is 11.6 Å². The molecule has 0 bridgehead atoms. The van der Waals surface area contributed by atoms with Crippen molar-refractivity contribution in [3.8, 4) is 0 Å². The lowest BCUT2D eigenvalue weighted by molar-refractivity contribution is 0.229. The molecular formula is C12H17F2NO. The molecule has 1 aromatic carbocycles. The molecule has 0 saturated carbocycles. The van der Waals surface area contributed by atoms with Gasteiger partial charge in [0, 0.05) is 17.6 Å². The van der Waals surface area contributed by atoms with Crippen molar-refractivity contribution < 1.29 is 13.9 Å². The number of rotatable bonds is 5. The summed E-state index contributed by atoms with van der Waals surface area (Å²) in [6, 6.07) is 3.69. The standard InChI is InChI=1S/C12H17F2NO/c1-3-9(7-16)15-8(2)10-5-4-6-11(13)12(10)14/h4-6,8-9,15-16H,3,7H2,1-2H3/t8?,9-/m0/s1. The first-order valence-corrected chi connectivity index (χ1v) is 5.41. The molecule has 2 atom stereocenters. The zero-order valence-electron chi connectivity index (χ0n) is 9.50. The molecule has 2 nitrogen and oxygen atoms in total. The summed E-state index contributed by atoms with van der Waals surface area (Å²) in [5.74, 6) is -1.67. The van der Waals surface area contributed by atoms with Crippen molar-refractivity contribution in [2.75, 3.05) is 6.61 Å². The summed E-state index contributed by atoms with van der Waals surface area (Å²) in [5.41, 5.74) is 0.284. The van der Waals surface area contributed by atoms with Crippen LogP contribution in [-0.2, 0) is 0 Å². The van der Waals surface area contributed by atoms with Gasteiger partial charge in [0.1, 0.15) is 0 Å². The number of hydrogen-bond donors (Lipinski definition) is 2. The van der Waals surface area contributed by atoms with Gasteiger partial charge < -0.3 is 10.4 Å². The van der Waals surface area contributed by atoms with Crippen LogP contribution in [0.2, 0.25) is 0 Å². The van der Waals surface area contributed by atoms with E-state index in [0.717, 1.165) is 12.5 Å². The van der Waals surface area contributed by atoms with E-state index in [1.54, 1.807) is 13.0 Å². The monoisotopic (exact) mass is 229 g/mol. The van der Waals surface area contributed by atoms with Crippen LogP contribution < -0.4 is 5.32 Å². The van der Waals surface area contributed by atoms with Crippen LogP contribution in [0, 0.1) is 11.6 Å². The summed E-state index contributed by atoms with van der Waals surface area (Å²) in [6.45, 7) is 3.65. The highest BCUT2D eigenvalue weighted by atomic mass is 19.2. The van der Waals surface area contributed by atoms with E-state index in [1.807, 2.05) is 6.92 Å². The molecule has 0 spiro atoms. The minimum absolute atomic E-state index is 0.0161. The van der Waals surface area contributed by atoms with Gasteiger partial charge in [0.2, 0.25) is 0 Å². The Hall–Kier alpha value is -1.00. The Bertz CT molecular complexity index is 340. The van der Waals surface area contributed by atoms with Gasteiger partial charge in [-0.05, 0) is 19.4 Å². The van der Waals surface area contributed by atoms with Gasteiger partial charge in [0.05, 0.1) is 6.61 Å². The van der Waals surface area contributed by atoms with Gasteiger partial charge in [0.25, 0.3) is 0 Å². The summed E-state index contributed by atoms with van der Waals surface area (Å²) in [7, 11) is 0. The maximum atomic E-state index is 13.4. The molecule has 0 aromatic heterocycles. The average molecular weight is 229 g/mol. The molecule has 16 heavy (non-hydrogen) atoms. The molecule has 0 fully saturated rings. The maximum absolute atomic E-state index is 13.4. The third-order valence-corrected chi connectivity index (χ3v) is 2.65. The number of nitrogens with one attached hydrogen (secondary N) is 1. The Balaban J connectivity index is 2.80. The zero-order chi connectivity index (χ0) is 12.1. The molecule has 1 rings (SSSR count). The first-order valence-electron chi connectivity index (χ1n) is 5.41. The fraction of sp³-hybridized carbons (Fsp3) is 0.500. The highest BCUT2D eigenvalue weighted by Crippen LogP contribution is 2.19. The fourth-order valence-corrected chi connectivity index (χ4v) is 1.60. The lowest BCUT2D eigenvalue weighted by Crippen LogP contribution is -2.34. The highest BCUT2D eigenvalue weighted by molar-refractivity contribution is 5.22. The van der Waals surface area contributed by atoms with E-state index >= 15 is 0 Å². The second-order valence-electron chi connectivity index (χ2n) is 3.82. The molecule has 0 saturated heterocycles. The van der Waals surface area contributed by atoms with Crippen LogP contribution in [0.5, 0.6) is 0 Å². The van der Waals surface area contributed by atoms with Gasteiger partial charge >= 0.3 is 0 Å². The second kappa shape index (κ2) is 5.92. The largest absolute Gasteiger partial charge is 0.395 e. The van der Waals surface area contributed by atoms with E-state index in [4.69, 9.17) is 5.11 Å². The smallest absolute Gasteiger partial charge is 0.163 e. The topological polar surface area (TPSA) is 32.3 Å². The van der Waals surface area contributed by atoms with Crippen LogP contribution >= 0.6 is 0 Å². The number of aliphatic hydroxyl groups is 1. The third-order valence-electron chi connectivity index (χ3n) is 2.65. The lowest BCUT2D eigenvalue weighted by Gasteiger charge is -2.21. The molecule has 0 aliphatic rings. The molecule has 0 heterocycles. The van der Waals surface area contributed by atoms with Crippen LogP contribution in [0.4, 0.5) is 8.78 Å². The van der Waals surface area contributed by atoms with Gasteiger partial charge in [-0.2, -0.15) is 0 Å². The van der Waals surface area contributed by atoms with Crippen molar-refractivity contribution in [3.63, 3.8) is 0 Å². The Morgan fingerprint density at radius 3 is 2.62 bits per heavy atom. The maximum Gasteiger partial charge on any atom is 0.163 e. The molecule has 90 valence electrons. The fourth-order valence-electron chi connectivity index (χ4n) is 1.60. The van der Waals surface area contributed by atoms with E-state index < -0.39 is 11.6 Å². The summed E-state index contributed by atoms with van der Waals surface area (Å²) in [5, 5.41) is 12.1. The highest BCUT2D eigenvalue weighted by Gasteiger charge is 2.16. The average Bonchev–Trinajstić information content (AvgIpc) is 2.29. The van der Waals surface area contributed by atoms with Gasteiger partial charge in [-0.1, -0.05) is 19.1 Å². The first-order chi connectivity index (χ1) is 7.60. The van der Waals surface area contributed by atoms with Gasteiger partial charge in [-0.25, -0.2) is 8.78 Å². The molecule has 1 unspecified atom stereocenters. The van der Waals surface area contributed by atoms with E-state index in [2.05, 4.69) is 5.32 Å². The molecule has 0 aliphatic heterocycles. The number of halogens is 2. The number of benzene rings is 1. The summed E-state index contributed by atoms with van der Waals surface area (Å²) >= 11 is 0. The molecule has 2 N–H and O–H groups in total. The Labute approximate surface area is 94.3 Å². The molecule has 0 aliphatic carbocycles. The van der Waals surface area contributed by atoms with Gasteiger partial charge in [-0.3, -0.25) is 0 Å². The van der Waals surface area contributed by atoms with Gasteiger partial charge in [-0.15, -0.1) is 0 Å². The predicted molar refractivity (Wildman–Crippen MR) is 59.1 cm³/mol. The number of hydrogen-bond acceptors (Lipinski definition) is 2. The number of aliphatic hydroxyl groups excluding tert-OH is 1. The van der Waals surface area contributed by atoms with Crippen LogP contribution in [0.15, 0.2) is 18.2 Å². The Kier molecular flexibility index (Phi) is 4.83. The third kappa shape index (κ3) is 3.00. The molecule has 1 aromatic rings. The predicted octanol–water partition coefficient (Wildman–Crippen LogP) is 2.39. The molecule has 0 radical (unpaired) electrons. The minimum Gasteiger partial charge on any atom is -0.395 e. The van der Waals surface area contributed by atoms with Crippen molar-refractivity contribution in [1.29, 1.82) is 0 Å². The molecule has 0 amide bonds. The molecular weight excluding hydrogens is 212 g/mol. The van der Waals surface area contributed by atoms with Crippen LogP contribution in [0.25, 0.3) is 0 Å². The van der Waals surface area contributed by atoms with Crippen molar-refractivity contribution in [1.82, 2.24) is 5.32 Å². The molecule has 4 heteroatoms. The second-order valence-corrected chi connectivity index (χ2v) is 3.82. The van der Waals surface area contributed by atoms with Crippen molar-refractivity contribution in [2.45, 2.75) is 32.4 Å². The lowest BCUT2D eigenvalue weighted by atomic mass is 10.1. The van der Waals surface area contributed by atoms with E-state index in [9.17, 15) is 8.78 Å². The summed E-state index contributed by atoms with van der Waals surface area (Å²) < 4.78 is 26.4. The van der Waals surface area contributed by atoms with Crippen molar-refractivity contribution in [2.24, 2.45) is 0 Å². The van der Waals surface area contributed by atoms with E-state index in [0.29, 0.717) is 0 Å². The first kappa shape index (κ1) is 13.1. The van der Waals surface area contributed by atoms with Crippen molar-refractivity contribution >= 4 is 0 Å². The van der Waals surface area contributed by atoms with Crippen LogP contribution in [-0.4, -0.2) is 17.8 Å². The van der Waals surface area contributed by atoms with Crippen molar-refractivity contribution in [3.05, 3.63) is 35.4 Å². The van der Waals surface area contributed by atoms with E-state index in [1.165, 1.54) is 6.07 Å². The summed E-state index contributed by atoms with van der Waals surface area (Å²) in [4.78, 5) is 0. The van der Waals surface area contributed by atoms with Crippen LogP contribution in [0.1, 0.15) is 31.9 Å². The van der Waals surface area contributed by atoms with Crippen LogP contribution in [0.3, 0.4) is 0 Å². The Morgan fingerprint density at radius 2 is 2.06 bits per heavy atom. The quantitative estimate of drug-likeness (QED) is 0.812. The zero-order valence-corrected chi connectivity index (χ0v) is 9.50. The Morgan fingerprint density at radius 1 is 1.38 bits per heavy atom. The summed E-state index contributed by atoms with van der Waals surface area (Å²) in [6.07, 6.45) is 0.734. The normalized spacial score (nSPS) is 14.8. The SMILES string of the molecule is CC[C@@H](CO)NC(C)c1cccc(F)c1F. The minimum atomic E-state index is -0.844.